The summed E-state index contributed by atoms with van der Waals surface area (Å²) in [6.07, 6.45) is 11.0. The molecule has 1 saturated carbocycles. The number of carboxylic acid groups (broad SMARTS) is 1. The van der Waals surface area contributed by atoms with Gasteiger partial charge in [0.25, 0.3) is 0 Å². The number of hydrogen-bond donors (Lipinski definition) is 1. The summed E-state index contributed by atoms with van der Waals surface area (Å²) in [7, 11) is 0. The Hall–Kier alpha value is -1.06. The van der Waals surface area contributed by atoms with E-state index < -0.39 is 5.97 Å². The molecule has 4 heteroatoms. The molecule has 1 rings (SSSR count). The molecule has 0 bridgehead atoms. The van der Waals surface area contributed by atoms with E-state index in [9.17, 15) is 9.59 Å². The summed E-state index contributed by atoms with van der Waals surface area (Å²) in [6.45, 7) is 4.90. The minimum atomic E-state index is -0.776. The molecule has 3 atom stereocenters. The zero-order chi connectivity index (χ0) is 17.1. The average Bonchev–Trinajstić information content (AvgIpc) is 2.55. The lowest BCUT2D eigenvalue weighted by Crippen LogP contribution is -2.28. The molecule has 0 aromatic carbocycles. The highest BCUT2D eigenvalue weighted by Gasteiger charge is 2.31. The Kier molecular flexibility index (Phi) is 9.97. The summed E-state index contributed by atoms with van der Waals surface area (Å²) in [5.41, 5.74) is 0. The highest BCUT2D eigenvalue weighted by molar-refractivity contribution is 5.75. The van der Waals surface area contributed by atoms with Crippen molar-refractivity contribution < 1.29 is 19.4 Å². The Morgan fingerprint density at radius 1 is 1.04 bits per heavy atom. The second kappa shape index (κ2) is 11.5. The van der Waals surface area contributed by atoms with Crippen LogP contribution in [0.1, 0.15) is 84.5 Å². The zero-order valence-electron chi connectivity index (χ0n) is 14.9. The number of carbonyl (C=O) groups is 2. The molecule has 0 heterocycles. The normalized spacial score (nSPS) is 22.5. The molecule has 0 aromatic rings. The minimum absolute atomic E-state index is 0.181. The van der Waals surface area contributed by atoms with Crippen LogP contribution in [-0.2, 0) is 14.3 Å². The summed E-state index contributed by atoms with van der Waals surface area (Å²) in [5, 5.41) is 9.10. The van der Waals surface area contributed by atoms with Gasteiger partial charge in [-0.1, -0.05) is 58.8 Å². The molecule has 0 saturated heterocycles. The molecule has 1 aliphatic carbocycles. The molecule has 3 unspecified atom stereocenters. The van der Waals surface area contributed by atoms with Crippen LogP contribution in [0.25, 0.3) is 0 Å². The van der Waals surface area contributed by atoms with Crippen molar-refractivity contribution in [3.8, 4) is 0 Å². The molecule has 1 fully saturated rings. The molecule has 0 amide bonds. The van der Waals surface area contributed by atoms with Gasteiger partial charge in [-0.25, -0.2) is 0 Å². The van der Waals surface area contributed by atoms with Gasteiger partial charge in [0.2, 0.25) is 0 Å². The van der Waals surface area contributed by atoms with Crippen molar-refractivity contribution in [3.05, 3.63) is 0 Å². The maximum absolute atomic E-state index is 12.2. The van der Waals surface area contributed by atoms with Crippen molar-refractivity contribution in [1.82, 2.24) is 0 Å². The Labute approximate surface area is 141 Å². The number of unbranched alkanes of at least 4 members (excludes halogenated alkanes) is 2. The maximum Gasteiger partial charge on any atom is 0.308 e. The molecule has 23 heavy (non-hydrogen) atoms. The van der Waals surface area contributed by atoms with Crippen molar-refractivity contribution in [1.29, 1.82) is 0 Å². The third-order valence-corrected chi connectivity index (χ3v) is 5.04. The van der Waals surface area contributed by atoms with Gasteiger partial charge in [0.05, 0.1) is 18.4 Å². The van der Waals surface area contributed by atoms with Crippen LogP contribution in [0.2, 0.25) is 0 Å². The van der Waals surface area contributed by atoms with E-state index in [4.69, 9.17) is 9.84 Å². The smallest absolute Gasteiger partial charge is 0.308 e. The van der Waals surface area contributed by atoms with Gasteiger partial charge in [-0.15, -0.1) is 0 Å². The first-order valence-corrected chi connectivity index (χ1v) is 9.47. The maximum atomic E-state index is 12.2. The van der Waals surface area contributed by atoms with Crippen LogP contribution >= 0.6 is 0 Å². The SMILES string of the molecule is CCCCCC(CCC)CCOC(=O)C1CCCC(C(=O)O)C1. The fourth-order valence-electron chi connectivity index (χ4n) is 3.60. The monoisotopic (exact) mass is 326 g/mol. The number of carboxylic acids is 1. The molecule has 1 N–H and O–H groups in total. The van der Waals surface area contributed by atoms with Crippen LogP contribution in [0.3, 0.4) is 0 Å². The molecule has 134 valence electrons. The quantitative estimate of drug-likeness (QED) is 0.437. The molecule has 1 aliphatic rings. The molecule has 0 aliphatic heterocycles. The zero-order valence-corrected chi connectivity index (χ0v) is 14.9. The summed E-state index contributed by atoms with van der Waals surface area (Å²) in [4.78, 5) is 23.2. The lowest BCUT2D eigenvalue weighted by molar-refractivity contribution is -0.152. The van der Waals surface area contributed by atoms with Gasteiger partial charge in [0.1, 0.15) is 0 Å². The second-order valence-electron chi connectivity index (χ2n) is 7.01. The first-order chi connectivity index (χ1) is 11.1. The van der Waals surface area contributed by atoms with Gasteiger partial charge >= 0.3 is 11.9 Å². The average molecular weight is 326 g/mol. The number of carbonyl (C=O) groups excluding carboxylic acids is 1. The van der Waals surface area contributed by atoms with E-state index in [1.165, 1.54) is 38.5 Å². The lowest BCUT2D eigenvalue weighted by Gasteiger charge is -2.25. The van der Waals surface area contributed by atoms with Crippen LogP contribution in [0.15, 0.2) is 0 Å². The molecule has 0 aromatic heterocycles. The van der Waals surface area contributed by atoms with Gasteiger partial charge in [-0.2, -0.15) is 0 Å². The first-order valence-electron chi connectivity index (χ1n) is 9.47. The third kappa shape index (κ3) is 7.85. The molecular formula is C19H34O4. The van der Waals surface area contributed by atoms with Gasteiger partial charge in [-0.3, -0.25) is 9.59 Å². The van der Waals surface area contributed by atoms with E-state index in [2.05, 4.69) is 13.8 Å². The van der Waals surface area contributed by atoms with Crippen molar-refractivity contribution in [3.63, 3.8) is 0 Å². The van der Waals surface area contributed by atoms with Crippen molar-refractivity contribution in [2.75, 3.05) is 6.61 Å². The van der Waals surface area contributed by atoms with E-state index >= 15 is 0 Å². The van der Waals surface area contributed by atoms with Crippen LogP contribution in [0.4, 0.5) is 0 Å². The number of aliphatic carboxylic acids is 1. The minimum Gasteiger partial charge on any atom is -0.481 e. The van der Waals surface area contributed by atoms with Gasteiger partial charge in [0, 0.05) is 0 Å². The first kappa shape index (κ1) is 20.0. The van der Waals surface area contributed by atoms with Crippen LogP contribution in [-0.4, -0.2) is 23.7 Å². The largest absolute Gasteiger partial charge is 0.481 e. The van der Waals surface area contributed by atoms with Crippen LogP contribution in [0, 0.1) is 17.8 Å². The van der Waals surface area contributed by atoms with E-state index in [1.807, 2.05) is 0 Å². The molecule has 0 radical (unpaired) electrons. The summed E-state index contributed by atoms with van der Waals surface area (Å²) in [5.74, 6) is -0.892. The topological polar surface area (TPSA) is 63.6 Å². The Morgan fingerprint density at radius 3 is 2.43 bits per heavy atom. The fourth-order valence-corrected chi connectivity index (χ4v) is 3.60. The Balaban J connectivity index is 2.29. The Bertz CT molecular complexity index is 353. The standard InChI is InChI=1S/C19H34O4/c1-3-5-6-9-15(8-4-2)12-13-23-19(22)17-11-7-10-16(14-17)18(20)21/h15-17H,3-14H2,1-2H3,(H,20,21). The van der Waals surface area contributed by atoms with E-state index in [1.54, 1.807) is 0 Å². The van der Waals surface area contributed by atoms with E-state index in [-0.39, 0.29) is 17.8 Å². The number of ether oxygens (including phenoxy) is 1. The summed E-state index contributed by atoms with van der Waals surface area (Å²) in [6, 6.07) is 0. The Morgan fingerprint density at radius 2 is 1.78 bits per heavy atom. The van der Waals surface area contributed by atoms with E-state index in [0.29, 0.717) is 25.4 Å². The number of rotatable bonds is 11. The lowest BCUT2D eigenvalue weighted by atomic mass is 9.81. The van der Waals surface area contributed by atoms with Crippen LogP contribution in [0.5, 0.6) is 0 Å². The van der Waals surface area contributed by atoms with Crippen molar-refractivity contribution in [2.24, 2.45) is 17.8 Å². The number of esters is 1. The van der Waals surface area contributed by atoms with Crippen molar-refractivity contribution in [2.45, 2.75) is 84.5 Å². The highest BCUT2D eigenvalue weighted by atomic mass is 16.5. The van der Waals surface area contributed by atoms with Gasteiger partial charge < -0.3 is 9.84 Å². The van der Waals surface area contributed by atoms with Gasteiger partial charge in [-0.05, 0) is 31.6 Å². The second-order valence-corrected chi connectivity index (χ2v) is 7.01. The third-order valence-electron chi connectivity index (χ3n) is 5.04. The molecule has 4 nitrogen and oxygen atoms in total. The molecule has 0 spiro atoms. The van der Waals surface area contributed by atoms with Gasteiger partial charge in [0.15, 0.2) is 0 Å². The van der Waals surface area contributed by atoms with Crippen molar-refractivity contribution >= 4 is 11.9 Å². The van der Waals surface area contributed by atoms with Crippen LogP contribution < -0.4 is 0 Å². The summed E-state index contributed by atoms with van der Waals surface area (Å²) < 4.78 is 5.46. The fraction of sp³-hybridized carbons (Fsp3) is 0.895. The predicted octanol–water partition coefficient (Wildman–Crippen LogP) is 4.81. The predicted molar refractivity (Wildman–Crippen MR) is 91.2 cm³/mol. The molecular weight excluding hydrogens is 292 g/mol. The highest BCUT2D eigenvalue weighted by Crippen LogP contribution is 2.30. The number of hydrogen-bond acceptors (Lipinski definition) is 3. The summed E-state index contributed by atoms with van der Waals surface area (Å²) >= 11 is 0. The van der Waals surface area contributed by atoms with E-state index in [0.717, 1.165) is 19.3 Å².